The minimum atomic E-state index is -2.21. The minimum absolute atomic E-state index is 0.145. The first-order valence-electron chi connectivity index (χ1n) is 15.0. The number of carbonyl (C=O) groups is 1. The zero-order chi connectivity index (χ0) is 29.6. The molecule has 1 aromatic heterocycles. The van der Waals surface area contributed by atoms with Crippen LogP contribution in [0, 0.1) is 5.92 Å². The largest absolute Gasteiger partial charge is 0.378 e. The van der Waals surface area contributed by atoms with Crippen molar-refractivity contribution >= 4 is 17.0 Å². The first-order valence-corrected chi connectivity index (χ1v) is 16.1. The number of hydrogen-bond donors (Lipinski definition) is 1. The van der Waals surface area contributed by atoms with Gasteiger partial charge >= 0.3 is 0 Å². The second-order valence-electron chi connectivity index (χ2n) is 11.5. The Kier molecular flexibility index (Phi) is 10.2. The van der Waals surface area contributed by atoms with Gasteiger partial charge in [-0.2, -0.15) is 5.10 Å². The standard InChI is InChI=1S/C32H42N4O5S/c1-4-27-30(32(37)35-16-19-40-20-17-35)33-36(31(27)28-7-5-6-8-29(28)42(38)39)25-11-9-24(10-12-25)21-34-15-13-26(22-34)41-18-14-23(2)3/h5-12,23,26H,4,13-22H2,1-3H3,(H,38,39). The number of hydrogen-bond acceptors (Lipinski definition) is 6. The van der Waals surface area contributed by atoms with E-state index in [9.17, 15) is 13.6 Å². The quantitative estimate of drug-likeness (QED) is 0.319. The summed E-state index contributed by atoms with van der Waals surface area (Å²) in [7, 11) is 0. The fourth-order valence-electron chi connectivity index (χ4n) is 5.70. The van der Waals surface area contributed by atoms with Crippen LogP contribution in [0.1, 0.15) is 55.2 Å². The lowest BCUT2D eigenvalue weighted by molar-refractivity contribution is 0.0298. The SMILES string of the molecule is CCc1c(C(=O)N2CCOCC2)nn(-c2ccc(CN3CCC(OCCC(C)C)C3)cc2)c1-c1ccccc1S(=O)O. The molecule has 2 aliphatic rings. The summed E-state index contributed by atoms with van der Waals surface area (Å²) >= 11 is -2.21. The molecule has 1 amide bonds. The van der Waals surface area contributed by atoms with Crippen LogP contribution in [0.3, 0.4) is 0 Å². The van der Waals surface area contributed by atoms with Crippen molar-refractivity contribution in [2.24, 2.45) is 5.92 Å². The molecule has 2 unspecified atom stereocenters. The average Bonchev–Trinajstić information content (AvgIpc) is 3.61. The van der Waals surface area contributed by atoms with Gasteiger partial charge in [-0.15, -0.1) is 0 Å². The first-order chi connectivity index (χ1) is 20.4. The molecule has 2 aliphatic heterocycles. The molecular weight excluding hydrogens is 552 g/mol. The van der Waals surface area contributed by atoms with Crippen molar-refractivity contribution in [3.8, 4) is 16.9 Å². The highest BCUT2D eigenvalue weighted by molar-refractivity contribution is 7.79. The lowest BCUT2D eigenvalue weighted by Crippen LogP contribution is -2.41. The average molecular weight is 595 g/mol. The van der Waals surface area contributed by atoms with Crippen LogP contribution in [0.5, 0.6) is 0 Å². The molecule has 0 spiro atoms. The van der Waals surface area contributed by atoms with Crippen molar-refractivity contribution in [2.75, 3.05) is 46.0 Å². The van der Waals surface area contributed by atoms with Gasteiger partial charge in [0.1, 0.15) is 0 Å². The van der Waals surface area contributed by atoms with Crippen LogP contribution in [0.2, 0.25) is 0 Å². The maximum absolute atomic E-state index is 13.7. The Balaban J connectivity index is 1.43. The van der Waals surface area contributed by atoms with E-state index in [1.807, 2.05) is 31.2 Å². The van der Waals surface area contributed by atoms with Crippen molar-refractivity contribution in [1.29, 1.82) is 0 Å². The van der Waals surface area contributed by atoms with Gasteiger partial charge < -0.3 is 18.9 Å². The van der Waals surface area contributed by atoms with Gasteiger partial charge in [-0.05, 0) is 48.9 Å². The van der Waals surface area contributed by atoms with E-state index in [4.69, 9.17) is 14.6 Å². The summed E-state index contributed by atoms with van der Waals surface area (Å²) in [5, 5.41) is 4.86. The molecule has 226 valence electrons. The van der Waals surface area contributed by atoms with Crippen molar-refractivity contribution in [1.82, 2.24) is 19.6 Å². The van der Waals surface area contributed by atoms with Gasteiger partial charge in [0, 0.05) is 50.5 Å². The van der Waals surface area contributed by atoms with E-state index in [1.165, 1.54) is 5.56 Å². The van der Waals surface area contributed by atoms with E-state index in [1.54, 1.807) is 21.7 Å². The number of benzene rings is 2. The minimum Gasteiger partial charge on any atom is -0.378 e. The van der Waals surface area contributed by atoms with Crippen LogP contribution < -0.4 is 0 Å². The van der Waals surface area contributed by atoms with Gasteiger partial charge in [0.05, 0.1) is 35.6 Å². The maximum Gasteiger partial charge on any atom is 0.274 e. The Morgan fingerprint density at radius 3 is 2.55 bits per heavy atom. The Hall–Kier alpha value is -2.89. The Morgan fingerprint density at radius 2 is 1.86 bits per heavy atom. The molecule has 0 radical (unpaired) electrons. The topological polar surface area (TPSA) is 97.1 Å². The summed E-state index contributed by atoms with van der Waals surface area (Å²) in [5.41, 5.74) is 4.37. The molecule has 5 rings (SSSR count). The fraction of sp³-hybridized carbons (Fsp3) is 0.500. The second kappa shape index (κ2) is 14.1. The summed E-state index contributed by atoms with van der Waals surface area (Å²) in [6, 6.07) is 15.3. The van der Waals surface area contributed by atoms with Crippen LogP contribution in [-0.4, -0.2) is 86.4 Å². The summed E-state index contributed by atoms with van der Waals surface area (Å²) in [5.74, 6) is 0.506. The molecule has 0 saturated carbocycles. The number of carbonyl (C=O) groups excluding carboxylic acids is 1. The van der Waals surface area contributed by atoms with Gasteiger partial charge in [0.2, 0.25) is 0 Å². The van der Waals surface area contributed by atoms with E-state index in [0.717, 1.165) is 50.3 Å². The Labute approximate surface area is 251 Å². The first kappa shape index (κ1) is 30.6. The molecule has 0 aliphatic carbocycles. The predicted octanol–water partition coefficient (Wildman–Crippen LogP) is 4.79. The van der Waals surface area contributed by atoms with Crippen LogP contribution in [0.4, 0.5) is 0 Å². The third-order valence-electron chi connectivity index (χ3n) is 8.03. The molecular formula is C32H42N4O5S. The van der Waals surface area contributed by atoms with E-state index in [-0.39, 0.29) is 10.8 Å². The van der Waals surface area contributed by atoms with Crippen molar-refractivity contribution in [3.63, 3.8) is 0 Å². The lowest BCUT2D eigenvalue weighted by Gasteiger charge is -2.26. The molecule has 2 saturated heterocycles. The number of aromatic nitrogens is 2. The van der Waals surface area contributed by atoms with E-state index in [0.29, 0.717) is 61.7 Å². The highest BCUT2D eigenvalue weighted by Crippen LogP contribution is 2.34. The fourth-order valence-corrected chi connectivity index (χ4v) is 6.25. The molecule has 3 aromatic rings. The van der Waals surface area contributed by atoms with E-state index < -0.39 is 11.1 Å². The van der Waals surface area contributed by atoms with Gasteiger partial charge in [0.25, 0.3) is 5.91 Å². The molecule has 0 bridgehead atoms. The molecule has 3 heterocycles. The maximum atomic E-state index is 13.7. The number of morpholine rings is 1. The van der Waals surface area contributed by atoms with E-state index in [2.05, 4.69) is 30.9 Å². The van der Waals surface area contributed by atoms with Gasteiger partial charge in [-0.1, -0.05) is 51.1 Å². The number of ether oxygens (including phenoxy) is 2. The molecule has 10 heteroatoms. The summed E-state index contributed by atoms with van der Waals surface area (Å²) < 4.78 is 35.8. The number of likely N-dealkylation sites (tertiary alicyclic amines) is 1. The Morgan fingerprint density at radius 1 is 1.12 bits per heavy atom. The van der Waals surface area contributed by atoms with Crippen LogP contribution in [-0.2, 0) is 33.5 Å². The predicted molar refractivity (Wildman–Crippen MR) is 163 cm³/mol. The number of nitrogens with zero attached hydrogens (tertiary/aromatic N) is 4. The third kappa shape index (κ3) is 7.01. The molecule has 2 atom stereocenters. The highest BCUT2D eigenvalue weighted by Gasteiger charge is 2.29. The van der Waals surface area contributed by atoms with Crippen LogP contribution in [0.25, 0.3) is 16.9 Å². The summed E-state index contributed by atoms with van der Waals surface area (Å²) in [6.07, 6.45) is 2.98. The molecule has 2 aromatic carbocycles. The zero-order valence-electron chi connectivity index (χ0n) is 24.8. The Bertz CT molecular complexity index is 1380. The molecule has 9 nitrogen and oxygen atoms in total. The van der Waals surface area contributed by atoms with Gasteiger partial charge in [0.15, 0.2) is 16.8 Å². The van der Waals surface area contributed by atoms with Crippen molar-refractivity contribution < 1.29 is 23.0 Å². The van der Waals surface area contributed by atoms with Gasteiger partial charge in [-0.3, -0.25) is 9.69 Å². The number of rotatable bonds is 11. The van der Waals surface area contributed by atoms with Crippen LogP contribution >= 0.6 is 0 Å². The molecule has 42 heavy (non-hydrogen) atoms. The summed E-state index contributed by atoms with van der Waals surface area (Å²) in [6.45, 7) is 12.0. The molecule has 1 N–H and O–H groups in total. The summed E-state index contributed by atoms with van der Waals surface area (Å²) in [4.78, 5) is 18.2. The van der Waals surface area contributed by atoms with E-state index >= 15 is 0 Å². The monoisotopic (exact) mass is 594 g/mol. The van der Waals surface area contributed by atoms with Gasteiger partial charge in [-0.25, -0.2) is 8.89 Å². The normalized spacial score (nSPS) is 18.6. The smallest absolute Gasteiger partial charge is 0.274 e. The lowest BCUT2D eigenvalue weighted by atomic mass is 10.0. The third-order valence-corrected chi connectivity index (χ3v) is 8.77. The highest BCUT2D eigenvalue weighted by atomic mass is 32.2. The number of amides is 1. The van der Waals surface area contributed by atoms with Crippen molar-refractivity contribution in [2.45, 2.75) is 57.6 Å². The molecule has 2 fully saturated rings. The zero-order valence-corrected chi connectivity index (χ0v) is 25.6. The van der Waals surface area contributed by atoms with Crippen LogP contribution in [0.15, 0.2) is 53.4 Å². The second-order valence-corrected chi connectivity index (χ2v) is 12.4. The van der Waals surface area contributed by atoms with Crippen molar-refractivity contribution in [3.05, 3.63) is 65.4 Å².